The van der Waals surface area contributed by atoms with Gasteiger partial charge in [0.05, 0.1) is 6.61 Å². The van der Waals surface area contributed by atoms with E-state index in [0.29, 0.717) is 6.61 Å². The molecular formula is C13H20O2. The third kappa shape index (κ3) is 3.90. The molecule has 1 rings (SSSR count). The largest absolute Gasteiger partial charge is 0.463 e. The summed E-state index contributed by atoms with van der Waals surface area (Å²) in [6, 6.07) is 0. The lowest BCUT2D eigenvalue weighted by Gasteiger charge is -2.04. The first-order valence-electron chi connectivity index (χ1n) is 5.65. The minimum atomic E-state index is -0.195. The number of hydrogen-bond acceptors (Lipinski definition) is 2. The first kappa shape index (κ1) is 12.0. The molecule has 0 saturated carbocycles. The van der Waals surface area contributed by atoms with Crippen LogP contribution in [0.4, 0.5) is 0 Å². The molecule has 1 aliphatic rings. The molecule has 0 saturated heterocycles. The van der Waals surface area contributed by atoms with Gasteiger partial charge in [-0.25, -0.2) is 4.79 Å². The van der Waals surface area contributed by atoms with Crippen LogP contribution in [-0.4, -0.2) is 12.6 Å². The van der Waals surface area contributed by atoms with Crippen molar-refractivity contribution < 1.29 is 9.53 Å². The summed E-state index contributed by atoms with van der Waals surface area (Å²) < 4.78 is 4.92. The smallest absolute Gasteiger partial charge is 0.330 e. The molecule has 84 valence electrons. The molecule has 0 heterocycles. The molecule has 0 aromatic rings. The molecule has 0 aromatic carbocycles. The SMILES string of the molecule is CCOC(=O)/C=C1/CCCC(C)=C(C)C1. The Labute approximate surface area is 92.0 Å². The Morgan fingerprint density at radius 1 is 1.33 bits per heavy atom. The summed E-state index contributed by atoms with van der Waals surface area (Å²) in [6.07, 6.45) is 5.93. The lowest BCUT2D eigenvalue weighted by atomic mass is 10.0. The molecule has 0 radical (unpaired) electrons. The van der Waals surface area contributed by atoms with E-state index < -0.39 is 0 Å². The van der Waals surface area contributed by atoms with Crippen molar-refractivity contribution >= 4 is 5.97 Å². The lowest BCUT2D eigenvalue weighted by molar-refractivity contribution is -0.137. The molecule has 2 nitrogen and oxygen atoms in total. The van der Waals surface area contributed by atoms with Gasteiger partial charge < -0.3 is 4.74 Å². The maximum absolute atomic E-state index is 11.3. The van der Waals surface area contributed by atoms with Crippen molar-refractivity contribution in [1.82, 2.24) is 0 Å². The van der Waals surface area contributed by atoms with E-state index in [0.717, 1.165) is 25.7 Å². The summed E-state index contributed by atoms with van der Waals surface area (Å²) in [5.41, 5.74) is 4.09. The summed E-state index contributed by atoms with van der Waals surface area (Å²) in [6.45, 7) is 6.62. The number of carbonyl (C=O) groups excluding carboxylic acids is 1. The lowest BCUT2D eigenvalue weighted by Crippen LogP contribution is -2.01. The molecule has 0 spiro atoms. The van der Waals surface area contributed by atoms with Crippen molar-refractivity contribution in [3.05, 3.63) is 22.8 Å². The second-order valence-corrected chi connectivity index (χ2v) is 4.15. The topological polar surface area (TPSA) is 26.3 Å². The van der Waals surface area contributed by atoms with Gasteiger partial charge in [-0.15, -0.1) is 0 Å². The van der Waals surface area contributed by atoms with Crippen molar-refractivity contribution in [3.63, 3.8) is 0 Å². The highest BCUT2D eigenvalue weighted by molar-refractivity contribution is 5.82. The van der Waals surface area contributed by atoms with E-state index in [1.165, 1.54) is 16.7 Å². The second-order valence-electron chi connectivity index (χ2n) is 4.15. The standard InChI is InChI=1S/C13H20O2/c1-4-15-13(14)9-12-7-5-6-10(2)11(3)8-12/h9H,4-8H2,1-3H3/b12-9-. The monoisotopic (exact) mass is 208 g/mol. The summed E-state index contributed by atoms with van der Waals surface area (Å²) >= 11 is 0. The summed E-state index contributed by atoms with van der Waals surface area (Å²) in [5, 5.41) is 0. The minimum Gasteiger partial charge on any atom is -0.463 e. The van der Waals surface area contributed by atoms with Crippen LogP contribution in [0.15, 0.2) is 22.8 Å². The fourth-order valence-corrected chi connectivity index (χ4v) is 1.85. The Hall–Kier alpha value is -1.05. The third-order valence-electron chi connectivity index (χ3n) is 2.88. The van der Waals surface area contributed by atoms with Crippen LogP contribution in [0, 0.1) is 0 Å². The first-order chi connectivity index (χ1) is 7.13. The van der Waals surface area contributed by atoms with Crippen LogP contribution in [0.1, 0.15) is 46.5 Å². The second kappa shape index (κ2) is 5.74. The van der Waals surface area contributed by atoms with Crippen LogP contribution >= 0.6 is 0 Å². The highest BCUT2D eigenvalue weighted by atomic mass is 16.5. The molecule has 15 heavy (non-hydrogen) atoms. The van der Waals surface area contributed by atoms with Gasteiger partial charge in [0.25, 0.3) is 0 Å². The molecule has 0 atom stereocenters. The van der Waals surface area contributed by atoms with Gasteiger partial charge in [-0.1, -0.05) is 16.7 Å². The van der Waals surface area contributed by atoms with E-state index in [2.05, 4.69) is 13.8 Å². The fraction of sp³-hybridized carbons (Fsp3) is 0.615. The number of ether oxygens (including phenoxy) is 1. The summed E-state index contributed by atoms with van der Waals surface area (Å²) in [7, 11) is 0. The quantitative estimate of drug-likeness (QED) is 0.395. The van der Waals surface area contributed by atoms with Gasteiger partial charge in [-0.05, 0) is 46.5 Å². The Morgan fingerprint density at radius 3 is 2.73 bits per heavy atom. The van der Waals surface area contributed by atoms with Crippen LogP contribution in [0.25, 0.3) is 0 Å². The zero-order valence-corrected chi connectivity index (χ0v) is 9.93. The Bertz CT molecular complexity index is 298. The Morgan fingerprint density at radius 2 is 2.07 bits per heavy atom. The van der Waals surface area contributed by atoms with Crippen LogP contribution in [0.2, 0.25) is 0 Å². The summed E-state index contributed by atoms with van der Waals surface area (Å²) in [5.74, 6) is -0.195. The number of allylic oxidation sites excluding steroid dienone is 3. The van der Waals surface area contributed by atoms with E-state index in [-0.39, 0.29) is 5.97 Å². The van der Waals surface area contributed by atoms with Crippen LogP contribution in [0.5, 0.6) is 0 Å². The van der Waals surface area contributed by atoms with Gasteiger partial charge in [-0.2, -0.15) is 0 Å². The molecule has 0 amide bonds. The first-order valence-corrected chi connectivity index (χ1v) is 5.65. The van der Waals surface area contributed by atoms with Gasteiger partial charge in [0.1, 0.15) is 0 Å². The third-order valence-corrected chi connectivity index (χ3v) is 2.88. The van der Waals surface area contributed by atoms with Crippen molar-refractivity contribution in [1.29, 1.82) is 0 Å². The predicted octanol–water partition coefficient (Wildman–Crippen LogP) is 3.39. The van der Waals surface area contributed by atoms with Gasteiger partial charge in [0, 0.05) is 6.08 Å². The van der Waals surface area contributed by atoms with Crippen molar-refractivity contribution in [3.8, 4) is 0 Å². The van der Waals surface area contributed by atoms with Crippen molar-refractivity contribution in [2.75, 3.05) is 6.61 Å². The van der Waals surface area contributed by atoms with Gasteiger partial charge in [0.2, 0.25) is 0 Å². The highest BCUT2D eigenvalue weighted by Gasteiger charge is 2.09. The van der Waals surface area contributed by atoms with Gasteiger partial charge in [-0.3, -0.25) is 0 Å². The molecule has 0 aliphatic heterocycles. The molecule has 2 heteroatoms. The number of rotatable bonds is 2. The Kier molecular flexibility index (Phi) is 4.60. The molecular weight excluding hydrogens is 188 g/mol. The molecule has 0 bridgehead atoms. The van der Waals surface area contributed by atoms with Gasteiger partial charge in [0.15, 0.2) is 0 Å². The average molecular weight is 208 g/mol. The van der Waals surface area contributed by atoms with E-state index in [4.69, 9.17) is 4.74 Å². The maximum atomic E-state index is 11.3. The molecule has 0 N–H and O–H groups in total. The predicted molar refractivity (Wildman–Crippen MR) is 61.6 cm³/mol. The number of hydrogen-bond donors (Lipinski definition) is 0. The van der Waals surface area contributed by atoms with Crippen LogP contribution in [-0.2, 0) is 9.53 Å². The van der Waals surface area contributed by atoms with Gasteiger partial charge >= 0.3 is 5.97 Å². The Balaban J connectivity index is 2.67. The van der Waals surface area contributed by atoms with E-state index in [1.807, 2.05) is 6.92 Å². The zero-order chi connectivity index (χ0) is 11.3. The van der Waals surface area contributed by atoms with Crippen molar-refractivity contribution in [2.24, 2.45) is 0 Å². The fourth-order valence-electron chi connectivity index (χ4n) is 1.85. The highest BCUT2D eigenvalue weighted by Crippen LogP contribution is 2.26. The number of esters is 1. The van der Waals surface area contributed by atoms with E-state index in [9.17, 15) is 4.79 Å². The molecule has 0 unspecified atom stereocenters. The van der Waals surface area contributed by atoms with Crippen LogP contribution in [0.3, 0.4) is 0 Å². The maximum Gasteiger partial charge on any atom is 0.330 e. The molecule has 0 aromatic heterocycles. The van der Waals surface area contributed by atoms with Crippen LogP contribution < -0.4 is 0 Å². The average Bonchev–Trinajstić information content (AvgIpc) is 2.30. The normalized spacial score (nSPS) is 20.3. The zero-order valence-electron chi connectivity index (χ0n) is 9.93. The van der Waals surface area contributed by atoms with E-state index in [1.54, 1.807) is 6.08 Å². The molecule has 1 aliphatic carbocycles. The van der Waals surface area contributed by atoms with E-state index >= 15 is 0 Å². The van der Waals surface area contributed by atoms with Crippen molar-refractivity contribution in [2.45, 2.75) is 46.5 Å². The minimum absolute atomic E-state index is 0.195. The summed E-state index contributed by atoms with van der Waals surface area (Å²) in [4.78, 5) is 11.3. The number of carbonyl (C=O) groups is 1. The molecule has 0 fully saturated rings.